The van der Waals surface area contributed by atoms with Gasteiger partial charge in [0.15, 0.2) is 10.7 Å². The minimum Gasteiger partial charge on any atom is -0.423 e. The second-order valence-electron chi connectivity index (χ2n) is 4.81. The topological polar surface area (TPSA) is 83.3 Å². The lowest BCUT2D eigenvalue weighted by molar-refractivity contribution is 0.103. The number of hydrogen-bond acceptors (Lipinski definition) is 7. The molecule has 2 aromatic heterocycles. The number of nitrogens with zero attached hydrogens (tertiary/aromatic N) is 3. The number of carbonyl (C=O) groups excluding carboxylic acids is 1. The number of thiazole rings is 1. The Hall–Kier alpha value is -2.61. The van der Waals surface area contributed by atoms with Crippen LogP contribution < -0.4 is 15.5 Å². The number of amides is 1. The molecule has 0 fully saturated rings. The Morgan fingerprint density at radius 3 is 2.86 bits per heavy atom. The summed E-state index contributed by atoms with van der Waals surface area (Å²) in [5.41, 5.74) is 2.03. The number of aromatic nitrogens is 2. The van der Waals surface area contributed by atoms with E-state index in [4.69, 9.17) is 4.42 Å². The Balaban J connectivity index is 1.82. The molecule has 3 rings (SSSR count). The van der Waals surface area contributed by atoms with Gasteiger partial charge < -0.3 is 20.0 Å². The summed E-state index contributed by atoms with van der Waals surface area (Å²) in [5.74, 6) is -0.203. The van der Waals surface area contributed by atoms with Gasteiger partial charge in [0.2, 0.25) is 0 Å². The molecular formula is C14H15N5O2S. The number of anilines is 3. The van der Waals surface area contributed by atoms with Crippen molar-refractivity contribution >= 4 is 45.2 Å². The van der Waals surface area contributed by atoms with Crippen molar-refractivity contribution in [1.82, 2.24) is 9.97 Å². The molecule has 0 saturated heterocycles. The Morgan fingerprint density at radius 2 is 2.18 bits per heavy atom. The van der Waals surface area contributed by atoms with Gasteiger partial charge in [-0.25, -0.2) is 4.98 Å². The predicted molar refractivity (Wildman–Crippen MR) is 87.9 cm³/mol. The molecule has 3 aromatic rings. The highest BCUT2D eigenvalue weighted by molar-refractivity contribution is 7.17. The van der Waals surface area contributed by atoms with E-state index in [2.05, 4.69) is 20.6 Å². The van der Waals surface area contributed by atoms with Crippen LogP contribution in [0, 0.1) is 0 Å². The maximum atomic E-state index is 12.2. The van der Waals surface area contributed by atoms with Gasteiger partial charge in [-0.2, -0.15) is 4.98 Å². The summed E-state index contributed by atoms with van der Waals surface area (Å²) in [6.07, 6.45) is 1.54. The second kappa shape index (κ2) is 5.64. The van der Waals surface area contributed by atoms with E-state index < -0.39 is 0 Å². The number of benzene rings is 1. The molecule has 8 heteroatoms. The van der Waals surface area contributed by atoms with E-state index in [1.165, 1.54) is 11.3 Å². The van der Waals surface area contributed by atoms with Crippen molar-refractivity contribution in [2.45, 2.75) is 0 Å². The van der Waals surface area contributed by atoms with Crippen LogP contribution in [-0.4, -0.2) is 37.0 Å². The van der Waals surface area contributed by atoms with Gasteiger partial charge in [-0.05, 0) is 12.1 Å². The number of fused-ring (bicyclic) bond motifs is 1. The average Bonchev–Trinajstić information content (AvgIpc) is 3.13. The lowest BCUT2D eigenvalue weighted by Gasteiger charge is -2.03. The van der Waals surface area contributed by atoms with Gasteiger partial charge in [0.1, 0.15) is 10.4 Å². The molecule has 7 nitrogen and oxygen atoms in total. The predicted octanol–water partition coefficient (Wildman–Crippen LogP) is 2.64. The van der Waals surface area contributed by atoms with Gasteiger partial charge in [-0.3, -0.25) is 4.79 Å². The molecule has 0 aliphatic heterocycles. The van der Waals surface area contributed by atoms with Crippen molar-refractivity contribution in [2.75, 3.05) is 36.7 Å². The van der Waals surface area contributed by atoms with Crippen molar-refractivity contribution in [2.24, 2.45) is 0 Å². The van der Waals surface area contributed by atoms with Crippen LogP contribution in [0.15, 0.2) is 28.8 Å². The smallest absolute Gasteiger partial charge is 0.297 e. The van der Waals surface area contributed by atoms with Crippen molar-refractivity contribution in [3.8, 4) is 0 Å². The zero-order chi connectivity index (χ0) is 15.7. The van der Waals surface area contributed by atoms with Crippen LogP contribution in [0.2, 0.25) is 0 Å². The summed E-state index contributed by atoms with van der Waals surface area (Å²) >= 11 is 1.30. The highest BCUT2D eigenvalue weighted by atomic mass is 32.1. The van der Waals surface area contributed by atoms with Gasteiger partial charge in [0, 0.05) is 32.9 Å². The number of hydrogen-bond donors (Lipinski definition) is 2. The molecule has 0 bridgehead atoms. The normalized spacial score (nSPS) is 10.7. The van der Waals surface area contributed by atoms with E-state index >= 15 is 0 Å². The molecule has 0 aliphatic rings. The van der Waals surface area contributed by atoms with E-state index in [1.807, 2.05) is 20.2 Å². The molecule has 0 aliphatic carbocycles. The minimum absolute atomic E-state index is 0.203. The van der Waals surface area contributed by atoms with Gasteiger partial charge in [-0.15, -0.1) is 0 Å². The standard InChI is InChI=1S/C14H15N5O2S/c1-15-13-16-7-11(22-13)12(20)17-8-4-5-9-10(6-8)21-14(18-9)19(2)3/h4-7H,1-3H3,(H,15,16)(H,17,20). The fourth-order valence-corrected chi connectivity index (χ4v) is 2.53. The van der Waals surface area contributed by atoms with Gasteiger partial charge in [-0.1, -0.05) is 11.3 Å². The van der Waals surface area contributed by atoms with E-state index in [1.54, 1.807) is 30.3 Å². The maximum absolute atomic E-state index is 12.2. The molecule has 0 spiro atoms. The monoisotopic (exact) mass is 317 g/mol. The van der Waals surface area contributed by atoms with Crippen molar-refractivity contribution < 1.29 is 9.21 Å². The molecule has 2 N–H and O–H groups in total. The average molecular weight is 317 g/mol. The summed E-state index contributed by atoms with van der Waals surface area (Å²) in [6.45, 7) is 0. The molecular weight excluding hydrogens is 302 g/mol. The van der Waals surface area contributed by atoms with Crippen LogP contribution in [0.3, 0.4) is 0 Å². The van der Waals surface area contributed by atoms with Crippen molar-refractivity contribution in [3.05, 3.63) is 29.3 Å². The molecule has 2 heterocycles. The summed E-state index contributed by atoms with van der Waals surface area (Å²) in [4.78, 5) is 22.9. The van der Waals surface area contributed by atoms with E-state index in [-0.39, 0.29) is 5.91 Å². The molecule has 0 radical (unpaired) electrons. The lowest BCUT2D eigenvalue weighted by Crippen LogP contribution is -2.09. The van der Waals surface area contributed by atoms with Gasteiger partial charge >= 0.3 is 0 Å². The largest absolute Gasteiger partial charge is 0.423 e. The molecule has 1 amide bonds. The number of carbonyl (C=O) groups is 1. The Bertz CT molecular complexity index is 824. The minimum atomic E-state index is -0.203. The van der Waals surface area contributed by atoms with Crippen molar-refractivity contribution in [1.29, 1.82) is 0 Å². The molecule has 1 aromatic carbocycles. The number of rotatable bonds is 4. The fourth-order valence-electron chi connectivity index (χ4n) is 1.87. The maximum Gasteiger partial charge on any atom is 0.297 e. The first-order valence-corrected chi connectivity index (χ1v) is 7.41. The summed E-state index contributed by atoms with van der Waals surface area (Å²) in [6, 6.07) is 5.89. The van der Waals surface area contributed by atoms with E-state index in [0.717, 1.165) is 5.52 Å². The number of nitrogens with one attached hydrogen (secondary N) is 2. The fraction of sp³-hybridized carbons (Fsp3) is 0.214. The zero-order valence-corrected chi connectivity index (χ0v) is 13.2. The summed E-state index contributed by atoms with van der Waals surface area (Å²) in [7, 11) is 5.48. The molecule has 0 unspecified atom stereocenters. The highest BCUT2D eigenvalue weighted by Gasteiger charge is 2.12. The van der Waals surface area contributed by atoms with Crippen LogP contribution in [0.5, 0.6) is 0 Å². The lowest BCUT2D eigenvalue weighted by atomic mass is 10.3. The highest BCUT2D eigenvalue weighted by Crippen LogP contribution is 2.25. The van der Waals surface area contributed by atoms with Gasteiger partial charge in [0.25, 0.3) is 11.9 Å². The Morgan fingerprint density at radius 1 is 1.36 bits per heavy atom. The zero-order valence-electron chi connectivity index (χ0n) is 12.4. The van der Waals surface area contributed by atoms with Crippen molar-refractivity contribution in [3.63, 3.8) is 0 Å². The molecule has 22 heavy (non-hydrogen) atoms. The Kier molecular flexibility index (Phi) is 3.68. The summed E-state index contributed by atoms with van der Waals surface area (Å²) in [5, 5.41) is 6.43. The molecule has 0 saturated carbocycles. The van der Waals surface area contributed by atoms with Crippen LogP contribution in [0.1, 0.15) is 9.67 Å². The first-order chi connectivity index (χ1) is 10.6. The van der Waals surface area contributed by atoms with Crippen LogP contribution in [-0.2, 0) is 0 Å². The quantitative estimate of drug-likeness (QED) is 0.769. The van der Waals surface area contributed by atoms with Crippen LogP contribution >= 0.6 is 11.3 Å². The third-order valence-electron chi connectivity index (χ3n) is 2.96. The van der Waals surface area contributed by atoms with Crippen LogP contribution in [0.4, 0.5) is 16.8 Å². The van der Waals surface area contributed by atoms with E-state index in [0.29, 0.717) is 27.3 Å². The van der Waals surface area contributed by atoms with Gasteiger partial charge in [0.05, 0.1) is 6.20 Å². The SMILES string of the molecule is CNc1ncc(C(=O)Nc2ccc3nc(N(C)C)oc3c2)s1. The third-order valence-corrected chi connectivity index (χ3v) is 3.97. The summed E-state index contributed by atoms with van der Waals surface area (Å²) < 4.78 is 5.62. The molecule has 0 atom stereocenters. The first kappa shape index (κ1) is 14.3. The Labute approximate surface area is 131 Å². The van der Waals surface area contributed by atoms with Crippen LogP contribution in [0.25, 0.3) is 11.1 Å². The van der Waals surface area contributed by atoms with E-state index in [9.17, 15) is 4.79 Å². The second-order valence-corrected chi connectivity index (χ2v) is 5.84. The third kappa shape index (κ3) is 2.73. The number of oxazole rings is 1. The molecule has 114 valence electrons. The first-order valence-electron chi connectivity index (χ1n) is 6.59.